The molecule has 0 spiro atoms. The van der Waals surface area contributed by atoms with E-state index in [0.29, 0.717) is 11.9 Å². The van der Waals surface area contributed by atoms with Crippen molar-refractivity contribution < 1.29 is 4.74 Å². The molecule has 3 rings (SSSR count). The quantitative estimate of drug-likeness (QED) is 0.871. The van der Waals surface area contributed by atoms with Gasteiger partial charge in [0.1, 0.15) is 0 Å². The lowest BCUT2D eigenvalue weighted by atomic mass is 10.1. The van der Waals surface area contributed by atoms with Crippen LogP contribution in [0.4, 0.5) is 5.95 Å². The summed E-state index contributed by atoms with van der Waals surface area (Å²) in [6, 6.07) is 5.98. The number of hydrogen-bond acceptors (Lipinski definition) is 4. The third kappa shape index (κ3) is 2.10. The summed E-state index contributed by atoms with van der Waals surface area (Å²) in [6.45, 7) is 4.63. The highest BCUT2D eigenvalue weighted by molar-refractivity contribution is 5.44. The summed E-state index contributed by atoms with van der Waals surface area (Å²) in [6.07, 6.45) is 1.12. The van der Waals surface area contributed by atoms with E-state index in [-0.39, 0.29) is 0 Å². The Kier molecular flexibility index (Phi) is 2.68. The number of pyridine rings is 1. The number of fused-ring (bicyclic) bond motifs is 1. The molecular formula is C12H16N4O. The largest absolute Gasteiger partial charge is 0.381 e. The molecule has 1 fully saturated rings. The van der Waals surface area contributed by atoms with Gasteiger partial charge in [-0.2, -0.15) is 4.98 Å². The van der Waals surface area contributed by atoms with Crippen molar-refractivity contribution in [3.63, 3.8) is 0 Å². The van der Waals surface area contributed by atoms with Crippen LogP contribution in [0, 0.1) is 12.8 Å². The number of nitrogens with zero attached hydrogens (tertiary/aromatic N) is 3. The van der Waals surface area contributed by atoms with Gasteiger partial charge in [0.15, 0.2) is 5.65 Å². The lowest BCUT2D eigenvalue weighted by molar-refractivity contribution is 0.187. The molecule has 0 amide bonds. The fourth-order valence-corrected chi connectivity index (χ4v) is 2.09. The molecule has 2 aromatic rings. The van der Waals surface area contributed by atoms with Gasteiger partial charge in [0.25, 0.3) is 0 Å². The van der Waals surface area contributed by atoms with E-state index >= 15 is 0 Å². The fourth-order valence-electron chi connectivity index (χ4n) is 2.09. The van der Waals surface area contributed by atoms with E-state index in [1.807, 2.05) is 29.6 Å². The maximum Gasteiger partial charge on any atom is 0.243 e. The molecule has 0 aliphatic carbocycles. The van der Waals surface area contributed by atoms with E-state index in [1.54, 1.807) is 0 Å². The minimum absolute atomic E-state index is 0.586. The molecule has 5 heteroatoms. The minimum atomic E-state index is 0.586. The zero-order valence-corrected chi connectivity index (χ0v) is 9.89. The highest BCUT2D eigenvalue weighted by atomic mass is 16.5. The summed E-state index contributed by atoms with van der Waals surface area (Å²) in [7, 11) is 0. The maximum atomic E-state index is 5.34. The maximum absolute atomic E-state index is 5.34. The minimum Gasteiger partial charge on any atom is -0.381 e. The van der Waals surface area contributed by atoms with Crippen LogP contribution < -0.4 is 5.32 Å². The van der Waals surface area contributed by atoms with Gasteiger partial charge in [-0.25, -0.2) is 4.52 Å². The van der Waals surface area contributed by atoms with Gasteiger partial charge in [-0.15, -0.1) is 5.10 Å². The third-order valence-electron chi connectivity index (χ3n) is 3.12. The molecule has 1 saturated heterocycles. The first kappa shape index (κ1) is 10.5. The van der Waals surface area contributed by atoms with E-state index in [9.17, 15) is 0 Å². The zero-order valence-electron chi connectivity index (χ0n) is 9.89. The molecular weight excluding hydrogens is 216 g/mol. The summed E-state index contributed by atoms with van der Waals surface area (Å²) in [5, 5.41) is 7.71. The average molecular weight is 232 g/mol. The molecule has 1 unspecified atom stereocenters. The van der Waals surface area contributed by atoms with Crippen LogP contribution in [0.5, 0.6) is 0 Å². The standard InChI is InChI=1S/C12H16N4O/c1-9-3-2-4-11-14-12(15-16(9)11)13-7-10-5-6-17-8-10/h2-4,10H,5-8H2,1H3,(H,13,15). The van der Waals surface area contributed by atoms with E-state index in [1.165, 1.54) is 0 Å². The number of rotatable bonds is 3. The second kappa shape index (κ2) is 4.33. The fraction of sp³-hybridized carbons (Fsp3) is 0.500. The number of ether oxygens (including phenoxy) is 1. The summed E-state index contributed by atoms with van der Waals surface area (Å²) in [5.74, 6) is 1.29. The van der Waals surface area contributed by atoms with Gasteiger partial charge >= 0.3 is 0 Å². The smallest absolute Gasteiger partial charge is 0.243 e. The van der Waals surface area contributed by atoms with Crippen LogP contribution in [0.3, 0.4) is 0 Å². The zero-order chi connectivity index (χ0) is 11.7. The van der Waals surface area contributed by atoms with Gasteiger partial charge in [-0.3, -0.25) is 0 Å². The third-order valence-corrected chi connectivity index (χ3v) is 3.12. The predicted molar refractivity (Wildman–Crippen MR) is 65.1 cm³/mol. The topological polar surface area (TPSA) is 51.5 Å². The molecule has 1 N–H and O–H groups in total. The van der Waals surface area contributed by atoms with Crippen LogP contribution in [-0.4, -0.2) is 34.4 Å². The summed E-state index contributed by atoms with van der Waals surface area (Å²) in [5.41, 5.74) is 1.97. The van der Waals surface area contributed by atoms with E-state index in [4.69, 9.17) is 4.74 Å². The monoisotopic (exact) mass is 232 g/mol. The number of nitrogens with one attached hydrogen (secondary N) is 1. The Morgan fingerprint density at radius 2 is 2.47 bits per heavy atom. The van der Waals surface area contributed by atoms with Crippen LogP contribution in [-0.2, 0) is 4.74 Å². The molecule has 90 valence electrons. The van der Waals surface area contributed by atoms with Crippen molar-refractivity contribution >= 4 is 11.6 Å². The molecule has 0 bridgehead atoms. The average Bonchev–Trinajstić information content (AvgIpc) is 2.95. The van der Waals surface area contributed by atoms with Crippen molar-refractivity contribution in [2.24, 2.45) is 5.92 Å². The van der Waals surface area contributed by atoms with Gasteiger partial charge in [0.2, 0.25) is 5.95 Å². The van der Waals surface area contributed by atoms with Crippen molar-refractivity contribution in [1.29, 1.82) is 0 Å². The number of aryl methyl sites for hydroxylation is 1. The van der Waals surface area contributed by atoms with Crippen molar-refractivity contribution in [1.82, 2.24) is 14.6 Å². The highest BCUT2D eigenvalue weighted by Gasteiger charge is 2.16. The normalized spacial score (nSPS) is 19.9. The Morgan fingerprint density at radius 3 is 3.24 bits per heavy atom. The lowest BCUT2D eigenvalue weighted by Crippen LogP contribution is -2.14. The molecule has 1 aliphatic rings. The van der Waals surface area contributed by atoms with Crippen LogP contribution in [0.1, 0.15) is 12.1 Å². The number of anilines is 1. The molecule has 17 heavy (non-hydrogen) atoms. The van der Waals surface area contributed by atoms with E-state index < -0.39 is 0 Å². The molecule has 0 saturated carbocycles. The first-order chi connectivity index (χ1) is 8.33. The SMILES string of the molecule is Cc1cccc2nc(NCC3CCOC3)nn12. The predicted octanol–water partition coefficient (Wildman–Crippen LogP) is 1.49. The summed E-state index contributed by atoms with van der Waals surface area (Å²) < 4.78 is 7.19. The summed E-state index contributed by atoms with van der Waals surface area (Å²) >= 11 is 0. The first-order valence-corrected chi connectivity index (χ1v) is 5.97. The number of hydrogen-bond donors (Lipinski definition) is 1. The molecule has 3 heterocycles. The Labute approximate surface area is 99.8 Å². The molecule has 0 radical (unpaired) electrons. The van der Waals surface area contributed by atoms with Crippen molar-refractivity contribution in [2.45, 2.75) is 13.3 Å². The van der Waals surface area contributed by atoms with Crippen LogP contribution in [0.15, 0.2) is 18.2 Å². The molecule has 0 aromatic carbocycles. The Bertz CT molecular complexity index is 516. The van der Waals surface area contributed by atoms with E-state index in [0.717, 1.165) is 37.5 Å². The molecule has 5 nitrogen and oxygen atoms in total. The molecule has 1 aliphatic heterocycles. The lowest BCUT2D eigenvalue weighted by Gasteiger charge is -2.06. The van der Waals surface area contributed by atoms with Crippen LogP contribution in [0.2, 0.25) is 0 Å². The Balaban J connectivity index is 1.74. The Hall–Kier alpha value is -1.62. The second-order valence-electron chi connectivity index (χ2n) is 4.48. The summed E-state index contributed by atoms with van der Waals surface area (Å²) in [4.78, 5) is 4.43. The van der Waals surface area contributed by atoms with Gasteiger partial charge in [-0.1, -0.05) is 6.07 Å². The highest BCUT2D eigenvalue weighted by Crippen LogP contribution is 2.13. The van der Waals surface area contributed by atoms with Crippen molar-refractivity contribution in [3.05, 3.63) is 23.9 Å². The van der Waals surface area contributed by atoms with Crippen LogP contribution >= 0.6 is 0 Å². The van der Waals surface area contributed by atoms with Gasteiger partial charge < -0.3 is 10.1 Å². The first-order valence-electron chi connectivity index (χ1n) is 5.97. The van der Waals surface area contributed by atoms with Crippen molar-refractivity contribution in [2.75, 3.05) is 25.1 Å². The van der Waals surface area contributed by atoms with Gasteiger partial charge in [0.05, 0.1) is 6.61 Å². The number of aromatic nitrogens is 3. The van der Waals surface area contributed by atoms with E-state index in [2.05, 4.69) is 15.4 Å². The van der Waals surface area contributed by atoms with Gasteiger partial charge in [-0.05, 0) is 25.5 Å². The Morgan fingerprint density at radius 1 is 1.53 bits per heavy atom. The second-order valence-corrected chi connectivity index (χ2v) is 4.48. The van der Waals surface area contributed by atoms with Gasteiger partial charge in [0, 0.05) is 24.8 Å². The van der Waals surface area contributed by atoms with Crippen molar-refractivity contribution in [3.8, 4) is 0 Å². The van der Waals surface area contributed by atoms with Crippen LogP contribution in [0.25, 0.3) is 5.65 Å². The molecule has 1 atom stereocenters. The molecule has 2 aromatic heterocycles.